The smallest absolute Gasteiger partial charge is 0.346 e. The summed E-state index contributed by atoms with van der Waals surface area (Å²) in [5.74, 6) is -1.16. The van der Waals surface area contributed by atoms with E-state index in [1.807, 2.05) is 91.8 Å². The number of carbonyl (C=O) groups is 4. The molecule has 0 atom stereocenters. The van der Waals surface area contributed by atoms with Crippen LogP contribution < -0.4 is 0 Å². The van der Waals surface area contributed by atoms with Crippen molar-refractivity contribution in [3.63, 3.8) is 0 Å². The fraction of sp³-hybridized carbons (Fsp3) is 0.294. The Bertz CT molecular complexity index is 1300. The molecular formula is C34H42O5. The first-order valence-electron chi connectivity index (χ1n) is 13.7. The molecule has 0 spiro atoms. The maximum absolute atomic E-state index is 11.5. The monoisotopic (exact) mass is 530 g/mol. The van der Waals surface area contributed by atoms with Gasteiger partial charge < -0.3 is 4.74 Å². The molecule has 0 amide bonds. The number of esters is 2. The summed E-state index contributed by atoms with van der Waals surface area (Å²) in [6, 6.07) is 21.6. The number of fused-ring (bicyclic) bond motifs is 1. The number of benzene rings is 4. The maximum atomic E-state index is 11.5. The lowest BCUT2D eigenvalue weighted by molar-refractivity contribution is 0.0390. The lowest BCUT2D eigenvalue weighted by Gasteiger charge is -2.14. The lowest BCUT2D eigenvalue weighted by atomic mass is 9.95. The van der Waals surface area contributed by atoms with Crippen molar-refractivity contribution in [2.75, 3.05) is 0 Å². The molecule has 0 unspecified atom stereocenters. The Labute approximate surface area is 233 Å². The van der Waals surface area contributed by atoms with Crippen molar-refractivity contribution >= 4 is 45.0 Å². The topological polar surface area (TPSA) is 77.5 Å². The number of hydrogen-bond donors (Lipinski definition) is 0. The van der Waals surface area contributed by atoms with Gasteiger partial charge in [-0.15, -0.1) is 0 Å². The number of Topliss-reactive ketones (excluding diaryl/α,β-unsaturated/α-hetero) is 2. The van der Waals surface area contributed by atoms with E-state index in [1.165, 1.54) is 13.8 Å². The van der Waals surface area contributed by atoms with Crippen LogP contribution >= 0.6 is 0 Å². The Hall–Kier alpha value is -4.12. The predicted octanol–water partition coefficient (Wildman–Crippen LogP) is 9.50. The van der Waals surface area contributed by atoms with Gasteiger partial charge in [-0.25, -0.2) is 9.59 Å². The van der Waals surface area contributed by atoms with E-state index in [9.17, 15) is 19.2 Å². The summed E-state index contributed by atoms with van der Waals surface area (Å²) < 4.78 is 4.63. The average Bonchev–Trinajstić information content (AvgIpc) is 2.99. The van der Waals surface area contributed by atoms with E-state index < -0.39 is 11.9 Å². The van der Waals surface area contributed by atoms with Crippen molar-refractivity contribution in [2.45, 2.75) is 69.2 Å². The molecule has 5 heteroatoms. The van der Waals surface area contributed by atoms with Gasteiger partial charge in [0.1, 0.15) is 0 Å². The zero-order valence-corrected chi connectivity index (χ0v) is 25.0. The van der Waals surface area contributed by atoms with E-state index >= 15 is 0 Å². The molecule has 0 radical (unpaired) electrons. The quantitative estimate of drug-likeness (QED) is 0.146. The molecule has 0 aliphatic carbocycles. The van der Waals surface area contributed by atoms with Crippen LogP contribution in [0.4, 0.5) is 0 Å². The summed E-state index contributed by atoms with van der Waals surface area (Å²) >= 11 is 0. The number of ketones is 2. The van der Waals surface area contributed by atoms with E-state index in [4.69, 9.17) is 0 Å². The summed E-state index contributed by atoms with van der Waals surface area (Å²) in [4.78, 5) is 45.9. The van der Waals surface area contributed by atoms with Crippen molar-refractivity contribution in [3.8, 4) is 0 Å². The number of cyclic esters (lactones) is 2. The van der Waals surface area contributed by atoms with Gasteiger partial charge in [-0.2, -0.15) is 0 Å². The minimum absolute atomic E-state index is 0.0145. The minimum atomic E-state index is -0.565. The molecule has 1 aliphatic rings. The van der Waals surface area contributed by atoms with Gasteiger partial charge in [-0.1, -0.05) is 116 Å². The zero-order chi connectivity index (χ0) is 30.1. The Balaban J connectivity index is 0.000000591. The van der Waals surface area contributed by atoms with Gasteiger partial charge in [0.2, 0.25) is 0 Å². The predicted molar refractivity (Wildman–Crippen MR) is 163 cm³/mol. The van der Waals surface area contributed by atoms with Crippen LogP contribution in [0, 0.1) is 0 Å². The molecule has 0 saturated carbocycles. The van der Waals surface area contributed by atoms with Gasteiger partial charge in [0.05, 0.1) is 11.1 Å². The van der Waals surface area contributed by atoms with Gasteiger partial charge in [0.25, 0.3) is 0 Å². The standard InChI is InChI=1S/C14H12O2.C12H6O3.4C2H6/c1-9(15)12-7-3-5-11-6-4-8-13(10(2)16)14(11)12;13-11-8-5-1-3-7-4-2-6-9(10(7)8)12(14)15-11;4*1-2/h3-8H,1-2H3;1-6H;4*1-2H3. The third-order valence-electron chi connectivity index (χ3n) is 5.19. The molecular weight excluding hydrogens is 488 g/mol. The van der Waals surface area contributed by atoms with Gasteiger partial charge in [-0.05, 0) is 36.8 Å². The van der Waals surface area contributed by atoms with E-state index in [-0.39, 0.29) is 11.6 Å². The Kier molecular flexibility index (Phi) is 16.3. The average molecular weight is 531 g/mol. The first kappa shape index (κ1) is 34.9. The van der Waals surface area contributed by atoms with E-state index in [0.717, 1.165) is 16.2 Å². The highest BCUT2D eigenvalue weighted by Crippen LogP contribution is 2.28. The third-order valence-corrected chi connectivity index (χ3v) is 5.19. The van der Waals surface area contributed by atoms with Gasteiger partial charge in [-0.3, -0.25) is 9.59 Å². The largest absolute Gasteiger partial charge is 0.386 e. The fourth-order valence-electron chi connectivity index (χ4n) is 3.80. The van der Waals surface area contributed by atoms with Crippen molar-refractivity contribution in [1.29, 1.82) is 0 Å². The molecule has 1 aliphatic heterocycles. The summed E-state index contributed by atoms with van der Waals surface area (Å²) in [5, 5.41) is 3.28. The maximum Gasteiger partial charge on any atom is 0.346 e. The second-order valence-electron chi connectivity index (χ2n) is 7.21. The second kappa shape index (κ2) is 18.2. The molecule has 5 rings (SSSR count). The Morgan fingerprint density at radius 3 is 1.13 bits per heavy atom. The van der Waals surface area contributed by atoms with Gasteiger partial charge in [0, 0.05) is 21.9 Å². The SMILES string of the molecule is CC.CC.CC.CC.CC(=O)c1cccc2cccc(C(C)=O)c12.O=C1OC(=O)c2cccc3cccc1c23. The molecule has 0 bridgehead atoms. The molecule has 39 heavy (non-hydrogen) atoms. The molecule has 0 saturated heterocycles. The number of rotatable bonds is 2. The summed E-state index contributed by atoms with van der Waals surface area (Å²) in [5.41, 5.74) is 2.15. The van der Waals surface area contributed by atoms with Crippen LogP contribution in [0.3, 0.4) is 0 Å². The van der Waals surface area contributed by atoms with Crippen LogP contribution in [0.2, 0.25) is 0 Å². The van der Waals surface area contributed by atoms with E-state index in [1.54, 1.807) is 36.4 Å². The number of ether oxygens (including phenoxy) is 1. The lowest BCUT2D eigenvalue weighted by Crippen LogP contribution is -2.19. The molecule has 0 N–H and O–H groups in total. The highest BCUT2D eigenvalue weighted by Gasteiger charge is 2.26. The molecule has 5 nitrogen and oxygen atoms in total. The van der Waals surface area contributed by atoms with E-state index in [0.29, 0.717) is 27.6 Å². The second-order valence-corrected chi connectivity index (χ2v) is 7.21. The fourth-order valence-corrected chi connectivity index (χ4v) is 3.80. The van der Waals surface area contributed by atoms with E-state index in [2.05, 4.69) is 4.74 Å². The molecule has 4 aromatic carbocycles. The highest BCUT2D eigenvalue weighted by atomic mass is 16.6. The Morgan fingerprint density at radius 2 is 0.795 bits per heavy atom. The first-order valence-corrected chi connectivity index (χ1v) is 13.7. The molecule has 1 heterocycles. The normalized spacial score (nSPS) is 10.3. The van der Waals surface area contributed by atoms with Crippen LogP contribution in [-0.2, 0) is 4.74 Å². The first-order chi connectivity index (χ1) is 18.9. The zero-order valence-electron chi connectivity index (χ0n) is 25.0. The van der Waals surface area contributed by atoms with Crippen molar-refractivity contribution in [3.05, 3.63) is 95.1 Å². The summed E-state index contributed by atoms with van der Waals surface area (Å²) in [7, 11) is 0. The summed E-state index contributed by atoms with van der Waals surface area (Å²) in [6.07, 6.45) is 0. The number of hydrogen-bond acceptors (Lipinski definition) is 5. The minimum Gasteiger partial charge on any atom is -0.386 e. The highest BCUT2D eigenvalue weighted by molar-refractivity contribution is 6.20. The number of carbonyl (C=O) groups excluding carboxylic acids is 4. The van der Waals surface area contributed by atoms with Crippen molar-refractivity contribution < 1.29 is 23.9 Å². The van der Waals surface area contributed by atoms with Crippen molar-refractivity contribution in [1.82, 2.24) is 0 Å². The van der Waals surface area contributed by atoms with Gasteiger partial charge in [0.15, 0.2) is 11.6 Å². The molecule has 4 aromatic rings. The van der Waals surface area contributed by atoms with Crippen LogP contribution in [0.1, 0.15) is 111 Å². The molecule has 208 valence electrons. The summed E-state index contributed by atoms with van der Waals surface area (Å²) in [6.45, 7) is 19.0. The van der Waals surface area contributed by atoms with Crippen LogP contribution in [0.25, 0.3) is 21.5 Å². The Morgan fingerprint density at radius 1 is 0.487 bits per heavy atom. The van der Waals surface area contributed by atoms with Crippen molar-refractivity contribution in [2.24, 2.45) is 0 Å². The van der Waals surface area contributed by atoms with Gasteiger partial charge >= 0.3 is 11.9 Å². The van der Waals surface area contributed by atoms with Crippen LogP contribution in [0.5, 0.6) is 0 Å². The molecule has 0 aromatic heterocycles. The van der Waals surface area contributed by atoms with Crippen LogP contribution in [0.15, 0.2) is 72.8 Å². The van der Waals surface area contributed by atoms with Crippen LogP contribution in [-0.4, -0.2) is 23.5 Å². The third kappa shape index (κ3) is 8.44. The molecule has 0 fully saturated rings.